The number of carbonyl (C=O) groups excluding carboxylic acids is 1. The Morgan fingerprint density at radius 3 is 2.06 bits per heavy atom. The molecule has 8 nitrogen and oxygen atoms in total. The maximum atomic E-state index is 12.7. The number of para-hydroxylation sites is 1. The van der Waals surface area contributed by atoms with Gasteiger partial charge >= 0.3 is 12.1 Å². The standard InChI is InChI=1S/C21H22F3NO7S/c1-29-16-8-6-5-7-13(16)18(31-3)19(32-4)14-10-17(30-2)15(9-12(14)11-33(27)28)25-20(26)21(22,23)24/h5-10H,11H2,1-4H3,(H,25,26)(H,27,28)/p-1. The van der Waals surface area contributed by atoms with Gasteiger partial charge in [0.25, 0.3) is 0 Å². The maximum absolute atomic E-state index is 12.7. The number of nitrogens with one attached hydrogen (secondary N) is 1. The predicted molar refractivity (Wildman–Crippen MR) is 114 cm³/mol. The van der Waals surface area contributed by atoms with Crippen LogP contribution in [0.2, 0.25) is 0 Å². The third-order valence-corrected chi connectivity index (χ3v) is 4.96. The summed E-state index contributed by atoms with van der Waals surface area (Å²) >= 11 is -2.63. The van der Waals surface area contributed by atoms with E-state index in [-0.39, 0.29) is 34.1 Å². The molecule has 12 heteroatoms. The molecule has 0 aromatic heterocycles. The van der Waals surface area contributed by atoms with E-state index >= 15 is 0 Å². The van der Waals surface area contributed by atoms with Gasteiger partial charge in [0.05, 0.1) is 39.7 Å². The Hall–Kier alpha value is -3.25. The Bertz CT molecular complexity index is 1070. The van der Waals surface area contributed by atoms with Crippen LogP contribution in [0, 0.1) is 0 Å². The molecule has 0 aliphatic heterocycles. The Labute approximate surface area is 190 Å². The number of carbonyl (C=O) groups is 1. The summed E-state index contributed by atoms with van der Waals surface area (Å²) in [6.45, 7) is 0. The zero-order valence-corrected chi connectivity index (χ0v) is 18.9. The number of methoxy groups -OCH3 is 4. The fraction of sp³-hybridized carbons (Fsp3) is 0.286. The molecule has 180 valence electrons. The van der Waals surface area contributed by atoms with Crippen molar-refractivity contribution < 1.29 is 45.7 Å². The summed E-state index contributed by atoms with van der Waals surface area (Å²) < 4.78 is 82.7. The number of rotatable bonds is 9. The average Bonchev–Trinajstić information content (AvgIpc) is 2.77. The van der Waals surface area contributed by atoms with Gasteiger partial charge in [-0.2, -0.15) is 13.2 Å². The number of hydrogen-bond donors (Lipinski definition) is 1. The molecular formula is C21H21F3NO7S-. The number of alkyl halides is 3. The van der Waals surface area contributed by atoms with Crippen LogP contribution in [0.15, 0.2) is 36.4 Å². The molecule has 33 heavy (non-hydrogen) atoms. The highest BCUT2D eigenvalue weighted by Gasteiger charge is 2.39. The van der Waals surface area contributed by atoms with E-state index < -0.39 is 28.9 Å². The molecule has 1 amide bonds. The molecule has 0 aliphatic rings. The zero-order chi connectivity index (χ0) is 24.8. The van der Waals surface area contributed by atoms with E-state index in [2.05, 4.69) is 0 Å². The van der Waals surface area contributed by atoms with Crippen LogP contribution in [0.3, 0.4) is 0 Å². The van der Waals surface area contributed by atoms with Gasteiger partial charge in [-0.3, -0.25) is 9.00 Å². The van der Waals surface area contributed by atoms with Crippen molar-refractivity contribution in [3.63, 3.8) is 0 Å². The van der Waals surface area contributed by atoms with Crippen molar-refractivity contribution in [2.24, 2.45) is 0 Å². The van der Waals surface area contributed by atoms with E-state index in [1.54, 1.807) is 29.6 Å². The fourth-order valence-corrected chi connectivity index (χ4v) is 3.52. The molecule has 0 aliphatic carbocycles. The van der Waals surface area contributed by atoms with Crippen molar-refractivity contribution in [3.05, 3.63) is 53.1 Å². The summed E-state index contributed by atoms with van der Waals surface area (Å²) in [5.74, 6) is -2.33. The highest BCUT2D eigenvalue weighted by molar-refractivity contribution is 7.78. The summed E-state index contributed by atoms with van der Waals surface area (Å²) in [4.78, 5) is 11.4. The van der Waals surface area contributed by atoms with E-state index in [0.29, 0.717) is 11.3 Å². The third kappa shape index (κ3) is 6.17. The molecule has 1 atom stereocenters. The molecule has 2 rings (SSSR count). The molecule has 1 N–H and O–H groups in total. The molecule has 0 bridgehead atoms. The number of hydrogen-bond acceptors (Lipinski definition) is 7. The second-order valence-electron chi connectivity index (χ2n) is 6.38. The molecule has 0 spiro atoms. The van der Waals surface area contributed by atoms with Crippen molar-refractivity contribution >= 4 is 34.2 Å². The third-order valence-electron chi connectivity index (χ3n) is 4.42. The molecule has 0 saturated carbocycles. The Balaban J connectivity index is 2.80. The predicted octanol–water partition coefficient (Wildman–Crippen LogP) is 3.70. The van der Waals surface area contributed by atoms with Crippen LogP contribution in [0.1, 0.15) is 16.7 Å². The minimum atomic E-state index is -5.16. The second-order valence-corrected chi connectivity index (χ2v) is 7.27. The average molecular weight is 488 g/mol. The smallest absolute Gasteiger partial charge is 0.471 e. The highest BCUT2D eigenvalue weighted by Crippen LogP contribution is 2.38. The van der Waals surface area contributed by atoms with E-state index in [1.165, 1.54) is 34.5 Å². The van der Waals surface area contributed by atoms with Crippen molar-refractivity contribution in [3.8, 4) is 11.5 Å². The number of halogens is 3. The minimum absolute atomic E-state index is 0.0305. The molecule has 0 heterocycles. The Kier molecular flexibility index (Phi) is 8.71. The maximum Gasteiger partial charge on any atom is 0.471 e. The van der Waals surface area contributed by atoms with Gasteiger partial charge in [0.2, 0.25) is 0 Å². The topological polar surface area (TPSA) is 106 Å². The van der Waals surface area contributed by atoms with Crippen molar-refractivity contribution in [2.45, 2.75) is 11.9 Å². The quantitative estimate of drug-likeness (QED) is 0.326. The number of amides is 1. The monoisotopic (exact) mass is 488 g/mol. The highest BCUT2D eigenvalue weighted by atomic mass is 32.2. The van der Waals surface area contributed by atoms with Gasteiger partial charge in [0.1, 0.15) is 11.5 Å². The van der Waals surface area contributed by atoms with Crippen LogP contribution in [-0.2, 0) is 31.1 Å². The van der Waals surface area contributed by atoms with Crippen LogP contribution in [0.25, 0.3) is 11.5 Å². The number of anilines is 1. The summed E-state index contributed by atoms with van der Waals surface area (Å²) in [5.41, 5.74) is 0.298. The van der Waals surface area contributed by atoms with Crippen molar-refractivity contribution in [1.29, 1.82) is 0 Å². The number of ether oxygens (including phenoxy) is 4. The van der Waals surface area contributed by atoms with E-state index in [9.17, 15) is 26.7 Å². The zero-order valence-electron chi connectivity index (χ0n) is 18.1. The fourth-order valence-electron chi connectivity index (χ4n) is 3.02. The lowest BCUT2D eigenvalue weighted by molar-refractivity contribution is -0.167. The first-order valence-electron chi connectivity index (χ1n) is 9.18. The first kappa shape index (κ1) is 26.0. The Morgan fingerprint density at radius 1 is 0.970 bits per heavy atom. The molecule has 1 unspecified atom stereocenters. The van der Waals surface area contributed by atoms with E-state index in [0.717, 1.165) is 6.07 Å². The lowest BCUT2D eigenvalue weighted by Gasteiger charge is -2.21. The van der Waals surface area contributed by atoms with Crippen LogP contribution in [-0.4, -0.2) is 49.3 Å². The molecule has 2 aromatic carbocycles. The van der Waals surface area contributed by atoms with Crippen molar-refractivity contribution in [2.75, 3.05) is 33.8 Å². The van der Waals surface area contributed by atoms with Gasteiger partial charge in [-0.25, -0.2) is 0 Å². The minimum Gasteiger partial charge on any atom is -0.772 e. The second kappa shape index (κ2) is 11.1. The summed E-state index contributed by atoms with van der Waals surface area (Å²) in [6.07, 6.45) is -5.16. The molecule has 0 fully saturated rings. The number of benzene rings is 2. The van der Waals surface area contributed by atoms with Crippen LogP contribution in [0.5, 0.6) is 11.5 Å². The summed E-state index contributed by atoms with van der Waals surface area (Å²) in [6, 6.07) is 9.12. The van der Waals surface area contributed by atoms with Crippen molar-refractivity contribution in [1.82, 2.24) is 0 Å². The van der Waals surface area contributed by atoms with Gasteiger partial charge in [0, 0.05) is 11.3 Å². The van der Waals surface area contributed by atoms with Crippen LogP contribution >= 0.6 is 0 Å². The SMILES string of the molecule is COC(=C(OC)c1ccccc1OC)c1cc(OC)c(NC(=O)C(F)(F)F)cc1CS(=O)[O-]. The summed E-state index contributed by atoms with van der Waals surface area (Å²) in [7, 11) is 5.31. The van der Waals surface area contributed by atoms with Crippen LogP contribution in [0.4, 0.5) is 18.9 Å². The first-order valence-corrected chi connectivity index (χ1v) is 10.4. The Morgan fingerprint density at radius 2 is 1.55 bits per heavy atom. The lowest BCUT2D eigenvalue weighted by atomic mass is 10.0. The molecular weight excluding hydrogens is 467 g/mol. The van der Waals surface area contributed by atoms with Gasteiger partial charge in [-0.1, -0.05) is 23.2 Å². The normalized spacial score (nSPS) is 13.0. The molecule has 0 radical (unpaired) electrons. The van der Waals surface area contributed by atoms with Gasteiger partial charge in [-0.05, 0) is 29.8 Å². The largest absolute Gasteiger partial charge is 0.772 e. The van der Waals surface area contributed by atoms with Gasteiger partial charge in [-0.15, -0.1) is 0 Å². The van der Waals surface area contributed by atoms with Gasteiger partial charge in [0.15, 0.2) is 11.5 Å². The molecule has 2 aromatic rings. The van der Waals surface area contributed by atoms with E-state index in [4.69, 9.17) is 18.9 Å². The van der Waals surface area contributed by atoms with Gasteiger partial charge < -0.3 is 28.8 Å². The first-order chi connectivity index (χ1) is 15.6. The summed E-state index contributed by atoms with van der Waals surface area (Å²) in [5, 5.41) is 1.69. The lowest BCUT2D eigenvalue weighted by Crippen LogP contribution is -2.30. The van der Waals surface area contributed by atoms with E-state index in [1.807, 2.05) is 0 Å². The van der Waals surface area contributed by atoms with Crippen LogP contribution < -0.4 is 14.8 Å². The molecule has 0 saturated heterocycles.